The lowest BCUT2D eigenvalue weighted by molar-refractivity contribution is -0.126. The minimum atomic E-state index is -0.150. The van der Waals surface area contributed by atoms with Crippen LogP contribution in [0.3, 0.4) is 0 Å². The highest BCUT2D eigenvalue weighted by atomic mass is 16.2. The summed E-state index contributed by atoms with van der Waals surface area (Å²) < 4.78 is 0. The maximum Gasteiger partial charge on any atom is 0.234 e. The van der Waals surface area contributed by atoms with E-state index in [4.69, 9.17) is 0 Å². The summed E-state index contributed by atoms with van der Waals surface area (Å²) in [6.45, 7) is 9.12. The van der Waals surface area contributed by atoms with Crippen LogP contribution in [0.15, 0.2) is 0 Å². The monoisotopic (exact) mass is 268 g/mol. The molecule has 0 aromatic rings. The topological polar surface area (TPSA) is 49.4 Å². The summed E-state index contributed by atoms with van der Waals surface area (Å²) in [7, 11) is 0. The molecule has 1 aliphatic rings. The van der Waals surface area contributed by atoms with Crippen LogP contribution in [-0.4, -0.2) is 41.3 Å². The maximum absolute atomic E-state index is 12.1. The molecule has 1 N–H and O–H groups in total. The number of hydrogen-bond acceptors (Lipinski definition) is 3. The van der Waals surface area contributed by atoms with E-state index in [0.29, 0.717) is 13.0 Å². The first-order valence-electron chi connectivity index (χ1n) is 7.38. The van der Waals surface area contributed by atoms with E-state index in [9.17, 15) is 9.59 Å². The molecule has 0 aromatic heterocycles. The van der Waals surface area contributed by atoms with Crippen molar-refractivity contribution in [3.8, 4) is 0 Å². The Bertz CT molecular complexity index is 326. The minimum absolute atomic E-state index is 0.0716. The Kier molecular flexibility index (Phi) is 5.98. The van der Waals surface area contributed by atoms with Gasteiger partial charge in [-0.3, -0.25) is 14.5 Å². The first kappa shape index (κ1) is 16.2. The van der Waals surface area contributed by atoms with Crippen molar-refractivity contribution < 1.29 is 9.59 Å². The van der Waals surface area contributed by atoms with Gasteiger partial charge in [-0.15, -0.1) is 0 Å². The van der Waals surface area contributed by atoms with Gasteiger partial charge in [0.05, 0.1) is 6.54 Å². The van der Waals surface area contributed by atoms with Crippen molar-refractivity contribution in [2.24, 2.45) is 0 Å². The van der Waals surface area contributed by atoms with Crippen LogP contribution in [0.25, 0.3) is 0 Å². The predicted octanol–water partition coefficient (Wildman–Crippen LogP) is 2.12. The second kappa shape index (κ2) is 7.04. The Morgan fingerprint density at radius 2 is 2.00 bits per heavy atom. The van der Waals surface area contributed by atoms with Crippen LogP contribution >= 0.6 is 0 Å². The molecule has 1 aliphatic heterocycles. The van der Waals surface area contributed by atoms with Crippen molar-refractivity contribution in [3.05, 3.63) is 0 Å². The molecule has 1 heterocycles. The quantitative estimate of drug-likeness (QED) is 0.803. The van der Waals surface area contributed by atoms with Gasteiger partial charge in [0.1, 0.15) is 5.78 Å². The molecule has 4 nitrogen and oxygen atoms in total. The van der Waals surface area contributed by atoms with Crippen molar-refractivity contribution in [1.29, 1.82) is 0 Å². The average molecular weight is 268 g/mol. The van der Waals surface area contributed by atoms with E-state index in [2.05, 4.69) is 17.1 Å². The number of rotatable bonds is 6. The van der Waals surface area contributed by atoms with Gasteiger partial charge >= 0.3 is 0 Å². The zero-order valence-electron chi connectivity index (χ0n) is 12.8. The summed E-state index contributed by atoms with van der Waals surface area (Å²) in [6.07, 6.45) is 4.81. The summed E-state index contributed by atoms with van der Waals surface area (Å²) in [5.41, 5.74) is -0.150. The van der Waals surface area contributed by atoms with Gasteiger partial charge < -0.3 is 5.32 Å². The van der Waals surface area contributed by atoms with E-state index < -0.39 is 0 Å². The lowest BCUT2D eigenvalue weighted by atomic mass is 9.97. The van der Waals surface area contributed by atoms with Gasteiger partial charge in [-0.2, -0.15) is 0 Å². The molecule has 0 spiro atoms. The highest BCUT2D eigenvalue weighted by Gasteiger charge is 2.26. The molecule has 0 aromatic carbocycles. The molecular weight excluding hydrogens is 240 g/mol. The molecule has 1 rings (SSSR count). The summed E-state index contributed by atoms with van der Waals surface area (Å²) >= 11 is 0. The molecule has 0 aliphatic carbocycles. The third-order valence-electron chi connectivity index (χ3n) is 3.98. The smallest absolute Gasteiger partial charge is 0.234 e. The molecule has 110 valence electrons. The van der Waals surface area contributed by atoms with E-state index >= 15 is 0 Å². The molecule has 1 saturated heterocycles. The molecule has 0 bridgehead atoms. The lowest BCUT2D eigenvalue weighted by Crippen LogP contribution is -2.50. The van der Waals surface area contributed by atoms with E-state index in [0.717, 1.165) is 32.2 Å². The average Bonchev–Trinajstić information content (AvgIpc) is 2.30. The number of nitrogens with zero attached hydrogens (tertiary/aromatic N) is 1. The molecule has 19 heavy (non-hydrogen) atoms. The molecule has 1 fully saturated rings. The molecule has 1 atom stereocenters. The number of piperidine rings is 1. The number of nitrogens with one attached hydrogen (secondary N) is 1. The molecule has 4 heteroatoms. The fraction of sp³-hybridized carbons (Fsp3) is 0.867. The van der Waals surface area contributed by atoms with Gasteiger partial charge in [0.2, 0.25) is 5.91 Å². The van der Waals surface area contributed by atoms with E-state index in [-0.39, 0.29) is 23.3 Å². The van der Waals surface area contributed by atoms with Crippen LogP contribution in [0.4, 0.5) is 0 Å². The summed E-state index contributed by atoms with van der Waals surface area (Å²) in [6, 6.07) is 0.252. The molecule has 1 unspecified atom stereocenters. The lowest BCUT2D eigenvalue weighted by Gasteiger charge is -2.35. The Balaban J connectivity index is 2.52. The van der Waals surface area contributed by atoms with Crippen molar-refractivity contribution in [1.82, 2.24) is 10.2 Å². The Morgan fingerprint density at radius 1 is 1.32 bits per heavy atom. The molecule has 0 saturated carbocycles. The van der Waals surface area contributed by atoms with Gasteiger partial charge in [-0.1, -0.05) is 13.3 Å². The summed E-state index contributed by atoms with van der Waals surface area (Å²) in [4.78, 5) is 25.5. The SMILES string of the molecule is CCC(C)(C)NC(=O)CN1CCCCC1CC(C)=O. The molecule has 1 amide bonds. The van der Waals surface area contributed by atoms with Gasteiger partial charge in [-0.05, 0) is 46.6 Å². The zero-order valence-corrected chi connectivity index (χ0v) is 12.8. The van der Waals surface area contributed by atoms with Crippen LogP contribution in [0.1, 0.15) is 59.8 Å². The van der Waals surface area contributed by atoms with Crippen molar-refractivity contribution in [2.75, 3.05) is 13.1 Å². The first-order valence-corrected chi connectivity index (χ1v) is 7.38. The predicted molar refractivity (Wildman–Crippen MR) is 77.0 cm³/mol. The highest BCUT2D eigenvalue weighted by molar-refractivity contribution is 5.79. The Hall–Kier alpha value is -0.900. The van der Waals surface area contributed by atoms with Crippen LogP contribution < -0.4 is 5.32 Å². The van der Waals surface area contributed by atoms with E-state index in [1.165, 1.54) is 0 Å². The van der Waals surface area contributed by atoms with Gasteiger partial charge in [0.25, 0.3) is 0 Å². The van der Waals surface area contributed by atoms with Crippen molar-refractivity contribution >= 4 is 11.7 Å². The number of likely N-dealkylation sites (tertiary alicyclic amines) is 1. The first-order chi connectivity index (χ1) is 8.84. The van der Waals surface area contributed by atoms with Crippen LogP contribution in [-0.2, 0) is 9.59 Å². The normalized spacial score (nSPS) is 21.2. The third kappa shape index (κ3) is 5.72. The second-order valence-corrected chi connectivity index (χ2v) is 6.31. The number of ketones is 1. The number of Topliss-reactive ketones (excluding diaryl/α,β-unsaturated/α-hetero) is 1. The zero-order chi connectivity index (χ0) is 14.5. The van der Waals surface area contributed by atoms with E-state index in [1.54, 1.807) is 6.92 Å². The molecule has 0 radical (unpaired) electrons. The van der Waals surface area contributed by atoms with Gasteiger partial charge in [0, 0.05) is 18.0 Å². The van der Waals surface area contributed by atoms with Gasteiger partial charge in [0.15, 0.2) is 0 Å². The number of amides is 1. The largest absolute Gasteiger partial charge is 0.350 e. The van der Waals surface area contributed by atoms with Crippen LogP contribution in [0, 0.1) is 0 Å². The molecular formula is C15H28N2O2. The highest BCUT2D eigenvalue weighted by Crippen LogP contribution is 2.19. The Morgan fingerprint density at radius 3 is 2.58 bits per heavy atom. The fourth-order valence-electron chi connectivity index (χ4n) is 2.52. The van der Waals surface area contributed by atoms with Crippen LogP contribution in [0.5, 0.6) is 0 Å². The van der Waals surface area contributed by atoms with Gasteiger partial charge in [-0.25, -0.2) is 0 Å². The second-order valence-electron chi connectivity index (χ2n) is 6.31. The van der Waals surface area contributed by atoms with E-state index in [1.807, 2.05) is 13.8 Å². The standard InChI is InChI=1S/C15H28N2O2/c1-5-15(3,4)16-14(19)11-17-9-7-6-8-13(17)10-12(2)18/h13H,5-11H2,1-4H3,(H,16,19). The third-order valence-corrected chi connectivity index (χ3v) is 3.98. The van der Waals surface area contributed by atoms with Crippen LogP contribution in [0.2, 0.25) is 0 Å². The number of carbonyl (C=O) groups is 2. The van der Waals surface area contributed by atoms with Crippen molar-refractivity contribution in [3.63, 3.8) is 0 Å². The Labute approximate surface area is 116 Å². The summed E-state index contributed by atoms with van der Waals surface area (Å²) in [5.74, 6) is 0.286. The number of carbonyl (C=O) groups excluding carboxylic acids is 2. The minimum Gasteiger partial charge on any atom is -0.350 e. The fourth-order valence-corrected chi connectivity index (χ4v) is 2.52. The summed E-state index contributed by atoms with van der Waals surface area (Å²) in [5, 5.41) is 3.06. The number of hydrogen-bond donors (Lipinski definition) is 1. The maximum atomic E-state index is 12.1. The van der Waals surface area contributed by atoms with Crippen molar-refractivity contribution in [2.45, 2.75) is 71.4 Å².